The van der Waals surface area contributed by atoms with Gasteiger partial charge in [0.15, 0.2) is 0 Å². The fourth-order valence-electron chi connectivity index (χ4n) is 2.15. The number of rotatable bonds is 3. The van der Waals surface area contributed by atoms with E-state index >= 15 is 0 Å². The van der Waals surface area contributed by atoms with Crippen LogP contribution in [0.4, 0.5) is 10.3 Å². The molecule has 5 heteroatoms. The van der Waals surface area contributed by atoms with E-state index in [0.29, 0.717) is 9.52 Å². The molecular formula is C12H15FIN3. The van der Waals surface area contributed by atoms with Gasteiger partial charge in [-0.1, -0.05) is 13.8 Å². The van der Waals surface area contributed by atoms with E-state index in [4.69, 9.17) is 5.73 Å². The zero-order chi connectivity index (χ0) is 12.6. The highest BCUT2D eigenvalue weighted by Gasteiger charge is 2.16. The van der Waals surface area contributed by atoms with Crippen LogP contribution in [0.1, 0.15) is 32.7 Å². The molecule has 0 fully saturated rings. The quantitative estimate of drug-likeness (QED) is 0.860. The molecule has 2 rings (SSSR count). The summed E-state index contributed by atoms with van der Waals surface area (Å²) in [4.78, 5) is 4.30. The molecule has 0 atom stereocenters. The van der Waals surface area contributed by atoms with Crippen LogP contribution in [0.25, 0.3) is 11.0 Å². The summed E-state index contributed by atoms with van der Waals surface area (Å²) in [6.07, 6.45) is 1.92. The monoisotopic (exact) mass is 347 g/mol. The number of nitrogens with two attached hydrogens (primary N) is 1. The van der Waals surface area contributed by atoms with E-state index < -0.39 is 0 Å². The van der Waals surface area contributed by atoms with Gasteiger partial charge in [-0.3, -0.25) is 0 Å². The van der Waals surface area contributed by atoms with Crippen molar-refractivity contribution in [3.05, 3.63) is 21.5 Å². The van der Waals surface area contributed by atoms with E-state index in [0.717, 1.165) is 23.9 Å². The van der Waals surface area contributed by atoms with Crippen molar-refractivity contribution in [3.8, 4) is 0 Å². The fraction of sp³-hybridized carbons (Fsp3) is 0.417. The number of aromatic nitrogens is 2. The number of imidazole rings is 1. The van der Waals surface area contributed by atoms with Crippen molar-refractivity contribution in [2.75, 3.05) is 5.73 Å². The lowest BCUT2D eigenvalue weighted by Gasteiger charge is -2.17. The van der Waals surface area contributed by atoms with Gasteiger partial charge in [-0.05, 0) is 41.5 Å². The summed E-state index contributed by atoms with van der Waals surface area (Å²) in [5, 5.41) is 0. The summed E-state index contributed by atoms with van der Waals surface area (Å²) >= 11 is 1.96. The molecule has 3 nitrogen and oxygen atoms in total. The highest BCUT2D eigenvalue weighted by molar-refractivity contribution is 14.1. The predicted molar refractivity (Wildman–Crippen MR) is 76.4 cm³/mol. The number of hydrogen-bond acceptors (Lipinski definition) is 2. The van der Waals surface area contributed by atoms with Crippen molar-refractivity contribution >= 4 is 39.6 Å². The van der Waals surface area contributed by atoms with Crippen molar-refractivity contribution < 1.29 is 4.39 Å². The first-order valence-electron chi connectivity index (χ1n) is 5.70. The van der Waals surface area contributed by atoms with Gasteiger partial charge in [0.1, 0.15) is 5.82 Å². The van der Waals surface area contributed by atoms with E-state index in [1.54, 1.807) is 6.07 Å². The fourth-order valence-corrected chi connectivity index (χ4v) is 2.60. The van der Waals surface area contributed by atoms with Gasteiger partial charge in [-0.2, -0.15) is 0 Å². The molecule has 0 radical (unpaired) electrons. The van der Waals surface area contributed by atoms with Gasteiger partial charge in [-0.25, -0.2) is 9.37 Å². The Morgan fingerprint density at radius 2 is 2.06 bits per heavy atom. The Labute approximate surface area is 113 Å². The molecule has 17 heavy (non-hydrogen) atoms. The maximum atomic E-state index is 13.6. The van der Waals surface area contributed by atoms with Crippen molar-refractivity contribution in [2.24, 2.45) is 0 Å². The molecule has 1 aromatic carbocycles. The first-order chi connectivity index (χ1) is 8.08. The predicted octanol–water partition coefficient (Wildman–Crippen LogP) is 3.72. The summed E-state index contributed by atoms with van der Waals surface area (Å²) in [6.45, 7) is 4.20. The Hall–Kier alpha value is -0.850. The van der Waals surface area contributed by atoms with Crippen molar-refractivity contribution in [1.82, 2.24) is 9.55 Å². The number of hydrogen-bond donors (Lipinski definition) is 1. The maximum absolute atomic E-state index is 13.6. The maximum Gasteiger partial charge on any atom is 0.201 e. The third-order valence-corrected chi connectivity index (χ3v) is 3.89. The molecule has 2 aromatic rings. The summed E-state index contributed by atoms with van der Waals surface area (Å²) in [6, 6.07) is 3.54. The zero-order valence-electron chi connectivity index (χ0n) is 9.87. The average molecular weight is 347 g/mol. The van der Waals surface area contributed by atoms with E-state index in [9.17, 15) is 4.39 Å². The Balaban J connectivity index is 2.70. The standard InChI is InChI=1S/C12H15FIN3/c1-3-7(4-2)17-11-5-8(13)9(14)6-10(11)16-12(17)15/h5-7H,3-4H2,1-2H3,(H2,15,16). The van der Waals surface area contributed by atoms with Gasteiger partial charge in [-0.15, -0.1) is 0 Å². The number of anilines is 1. The van der Waals surface area contributed by atoms with E-state index in [1.807, 2.05) is 27.2 Å². The molecule has 0 aliphatic heterocycles. The number of nitrogens with zero attached hydrogens (tertiary/aromatic N) is 2. The lowest BCUT2D eigenvalue weighted by Crippen LogP contribution is -2.10. The Kier molecular flexibility index (Phi) is 3.56. The first kappa shape index (κ1) is 12.6. The van der Waals surface area contributed by atoms with Crippen molar-refractivity contribution in [1.29, 1.82) is 0 Å². The number of benzene rings is 1. The molecule has 92 valence electrons. The van der Waals surface area contributed by atoms with Crippen LogP contribution >= 0.6 is 22.6 Å². The van der Waals surface area contributed by atoms with Crippen LogP contribution in [0.2, 0.25) is 0 Å². The van der Waals surface area contributed by atoms with Crippen LogP contribution in [0, 0.1) is 9.39 Å². The van der Waals surface area contributed by atoms with Crippen LogP contribution in [0.5, 0.6) is 0 Å². The largest absolute Gasteiger partial charge is 0.369 e. The minimum absolute atomic E-state index is 0.217. The topological polar surface area (TPSA) is 43.8 Å². The zero-order valence-corrected chi connectivity index (χ0v) is 12.0. The van der Waals surface area contributed by atoms with Gasteiger partial charge in [0, 0.05) is 12.1 Å². The first-order valence-corrected chi connectivity index (χ1v) is 6.78. The third kappa shape index (κ3) is 2.12. The molecule has 0 saturated heterocycles. The number of fused-ring (bicyclic) bond motifs is 1. The lowest BCUT2D eigenvalue weighted by atomic mass is 10.1. The van der Waals surface area contributed by atoms with E-state index in [-0.39, 0.29) is 11.9 Å². The SMILES string of the molecule is CCC(CC)n1c(N)nc2cc(I)c(F)cc21. The lowest BCUT2D eigenvalue weighted by molar-refractivity contribution is 0.488. The Morgan fingerprint density at radius 3 is 2.65 bits per heavy atom. The van der Waals surface area contributed by atoms with Gasteiger partial charge in [0.05, 0.1) is 14.6 Å². The van der Waals surface area contributed by atoms with Gasteiger partial charge in [0.25, 0.3) is 0 Å². The summed E-state index contributed by atoms with van der Waals surface area (Å²) in [7, 11) is 0. The molecule has 0 saturated carbocycles. The second kappa shape index (κ2) is 4.80. The van der Waals surface area contributed by atoms with Crippen LogP contribution in [-0.4, -0.2) is 9.55 Å². The second-order valence-electron chi connectivity index (χ2n) is 4.07. The summed E-state index contributed by atoms with van der Waals surface area (Å²) < 4.78 is 16.1. The van der Waals surface area contributed by atoms with Crippen molar-refractivity contribution in [2.45, 2.75) is 32.7 Å². The Bertz CT molecular complexity index is 546. The van der Waals surface area contributed by atoms with Crippen LogP contribution < -0.4 is 5.73 Å². The van der Waals surface area contributed by atoms with Crippen LogP contribution in [-0.2, 0) is 0 Å². The molecular weight excluding hydrogens is 332 g/mol. The van der Waals surface area contributed by atoms with Gasteiger partial charge >= 0.3 is 0 Å². The third-order valence-electron chi connectivity index (χ3n) is 3.07. The molecule has 0 amide bonds. The smallest absolute Gasteiger partial charge is 0.201 e. The molecule has 2 N–H and O–H groups in total. The number of nitrogen functional groups attached to an aromatic ring is 1. The molecule has 0 spiro atoms. The van der Waals surface area contributed by atoms with Gasteiger partial charge < -0.3 is 10.3 Å². The van der Waals surface area contributed by atoms with E-state index in [1.165, 1.54) is 6.07 Å². The minimum Gasteiger partial charge on any atom is -0.369 e. The summed E-state index contributed by atoms with van der Waals surface area (Å²) in [5.74, 6) is 0.250. The second-order valence-corrected chi connectivity index (χ2v) is 5.23. The number of halogens is 2. The molecule has 0 unspecified atom stereocenters. The van der Waals surface area contributed by atoms with E-state index in [2.05, 4.69) is 18.8 Å². The highest BCUT2D eigenvalue weighted by atomic mass is 127. The highest BCUT2D eigenvalue weighted by Crippen LogP contribution is 2.28. The van der Waals surface area contributed by atoms with Crippen LogP contribution in [0.15, 0.2) is 12.1 Å². The minimum atomic E-state index is -0.217. The molecule has 1 heterocycles. The molecule has 0 aliphatic rings. The van der Waals surface area contributed by atoms with Crippen LogP contribution in [0.3, 0.4) is 0 Å². The molecule has 0 aliphatic carbocycles. The molecule has 1 aromatic heterocycles. The average Bonchev–Trinajstić information content (AvgIpc) is 2.59. The van der Waals surface area contributed by atoms with Crippen molar-refractivity contribution in [3.63, 3.8) is 0 Å². The Morgan fingerprint density at radius 1 is 1.41 bits per heavy atom. The van der Waals surface area contributed by atoms with Gasteiger partial charge in [0.2, 0.25) is 5.95 Å². The summed E-state index contributed by atoms with van der Waals surface area (Å²) in [5.41, 5.74) is 7.48. The molecule has 0 bridgehead atoms. The normalized spacial score (nSPS) is 11.6.